The van der Waals surface area contributed by atoms with Crippen molar-refractivity contribution in [2.24, 2.45) is 0 Å². The fraction of sp³-hybridized carbons (Fsp3) is 0.130. The number of anilines is 2. The highest BCUT2D eigenvalue weighted by Gasteiger charge is 2.36. The van der Waals surface area contributed by atoms with E-state index in [1.807, 2.05) is 42.6 Å². The summed E-state index contributed by atoms with van der Waals surface area (Å²) in [5, 5.41) is 11.9. The van der Waals surface area contributed by atoms with Crippen LogP contribution in [0, 0.1) is 0 Å². The van der Waals surface area contributed by atoms with Gasteiger partial charge in [-0.3, -0.25) is 10.2 Å². The Balaban J connectivity index is 1.74. The number of fused-ring (bicyclic) bond motifs is 2. The molecule has 4 aromatic rings. The number of nitrogens with zero attached hydrogens (tertiary/aromatic N) is 3. The molecule has 2 amide bonds. The summed E-state index contributed by atoms with van der Waals surface area (Å²) in [7, 11) is 2.66. The fourth-order valence-corrected chi connectivity index (χ4v) is 4.16. The molecule has 1 unspecified atom stereocenters. The third kappa shape index (κ3) is 3.02. The molecule has 2 aromatic carbocycles. The lowest BCUT2D eigenvalue weighted by molar-refractivity contribution is 0.177. The van der Waals surface area contributed by atoms with Crippen molar-refractivity contribution in [1.29, 1.82) is 0 Å². The van der Waals surface area contributed by atoms with E-state index in [4.69, 9.17) is 4.74 Å². The van der Waals surface area contributed by atoms with Crippen LogP contribution in [-0.4, -0.2) is 41.6 Å². The Bertz CT molecular complexity index is 1330. The average molecular weight is 429 g/mol. The average Bonchev–Trinajstić information content (AvgIpc) is 3.21. The van der Waals surface area contributed by atoms with Gasteiger partial charge < -0.3 is 14.5 Å². The molecule has 2 N–H and O–H groups in total. The second-order valence-corrected chi connectivity index (χ2v) is 7.22. The maximum Gasteiger partial charge on any atom is 0.414 e. The molecule has 160 valence electrons. The molecule has 0 radical (unpaired) electrons. The summed E-state index contributed by atoms with van der Waals surface area (Å²) in [5.41, 5.74) is 5.32. The number of nitrogens with one attached hydrogen (secondary N) is 2. The van der Waals surface area contributed by atoms with Crippen molar-refractivity contribution < 1.29 is 19.1 Å². The first kappa shape index (κ1) is 19.6. The number of benzene rings is 2. The van der Waals surface area contributed by atoms with Crippen LogP contribution < -0.4 is 10.2 Å². The van der Waals surface area contributed by atoms with Crippen molar-refractivity contribution in [1.82, 2.24) is 15.2 Å². The van der Waals surface area contributed by atoms with Crippen molar-refractivity contribution in [3.05, 3.63) is 72.1 Å². The first-order valence-corrected chi connectivity index (χ1v) is 9.86. The number of ether oxygens (including phenoxy) is 2. The van der Waals surface area contributed by atoms with E-state index in [0.29, 0.717) is 17.0 Å². The summed E-state index contributed by atoms with van der Waals surface area (Å²) >= 11 is 0. The molecule has 5 rings (SSSR count). The summed E-state index contributed by atoms with van der Waals surface area (Å²) in [6, 6.07) is 14.3. The first-order chi connectivity index (χ1) is 15.6. The number of carbonyl (C=O) groups is 2. The van der Waals surface area contributed by atoms with E-state index < -0.39 is 18.2 Å². The number of aromatic nitrogens is 3. The lowest BCUT2D eigenvalue weighted by Crippen LogP contribution is -2.35. The number of aromatic amines is 1. The second-order valence-electron chi connectivity index (χ2n) is 7.22. The van der Waals surface area contributed by atoms with Crippen LogP contribution in [0.15, 0.2) is 60.9 Å². The zero-order chi connectivity index (χ0) is 22.2. The Morgan fingerprint density at radius 3 is 2.56 bits per heavy atom. The molecule has 0 bridgehead atoms. The van der Waals surface area contributed by atoms with Crippen LogP contribution in [0.4, 0.5) is 21.0 Å². The number of para-hydroxylation sites is 1. The zero-order valence-corrected chi connectivity index (χ0v) is 17.3. The minimum Gasteiger partial charge on any atom is -0.453 e. The van der Waals surface area contributed by atoms with E-state index in [1.54, 1.807) is 23.2 Å². The molecule has 1 aliphatic rings. The molecule has 0 saturated carbocycles. The van der Waals surface area contributed by atoms with Crippen molar-refractivity contribution >= 4 is 34.6 Å². The van der Waals surface area contributed by atoms with Gasteiger partial charge in [-0.2, -0.15) is 5.10 Å². The predicted octanol–water partition coefficient (Wildman–Crippen LogP) is 4.48. The number of amides is 2. The standard InChI is InChI=1S/C23H19N5O4/c1-31-22(29)26-14-9-7-13(8-10-14)20-17-11-24-21-19(17)16(12-25-27-21)15-5-3-4-6-18(15)28(20)23(30)32-2/h3-12,20H,1-2H3,(H,24,27)(H,26,29). The van der Waals surface area contributed by atoms with Crippen LogP contribution in [0.3, 0.4) is 0 Å². The molecule has 3 heterocycles. The normalized spacial score (nSPS) is 14.4. The molecule has 9 heteroatoms. The van der Waals surface area contributed by atoms with Crippen LogP contribution >= 0.6 is 0 Å². The van der Waals surface area contributed by atoms with Gasteiger partial charge in [0.05, 0.1) is 32.1 Å². The number of methoxy groups -OCH3 is 2. The van der Waals surface area contributed by atoms with Gasteiger partial charge in [0, 0.05) is 34.0 Å². The van der Waals surface area contributed by atoms with Gasteiger partial charge in [0.15, 0.2) is 5.65 Å². The minimum absolute atomic E-state index is 0.498. The number of rotatable bonds is 2. The van der Waals surface area contributed by atoms with E-state index >= 15 is 0 Å². The zero-order valence-electron chi connectivity index (χ0n) is 17.3. The largest absolute Gasteiger partial charge is 0.453 e. The van der Waals surface area contributed by atoms with Gasteiger partial charge in [0.1, 0.15) is 0 Å². The van der Waals surface area contributed by atoms with Crippen LogP contribution in [0.2, 0.25) is 0 Å². The number of hydrogen-bond acceptors (Lipinski definition) is 6. The van der Waals surface area contributed by atoms with Gasteiger partial charge in [-0.1, -0.05) is 30.3 Å². The van der Waals surface area contributed by atoms with Gasteiger partial charge in [-0.15, -0.1) is 5.10 Å². The smallest absolute Gasteiger partial charge is 0.414 e. The Morgan fingerprint density at radius 2 is 1.81 bits per heavy atom. The molecular weight excluding hydrogens is 410 g/mol. The van der Waals surface area contributed by atoms with E-state index in [1.165, 1.54) is 14.2 Å². The first-order valence-electron chi connectivity index (χ1n) is 9.86. The highest BCUT2D eigenvalue weighted by atomic mass is 16.5. The summed E-state index contributed by atoms with van der Waals surface area (Å²) in [6.45, 7) is 0. The molecule has 0 saturated heterocycles. The topological polar surface area (TPSA) is 109 Å². The van der Waals surface area contributed by atoms with Crippen LogP contribution in [0.5, 0.6) is 0 Å². The summed E-state index contributed by atoms with van der Waals surface area (Å²) < 4.78 is 9.84. The third-order valence-corrected chi connectivity index (χ3v) is 5.54. The SMILES string of the molecule is COC(=O)Nc1ccc(C2c3c[nH]c4nncc(c34)-c3ccccc3N2C(=O)OC)cc1. The Hall–Kier alpha value is -4.40. The third-order valence-electron chi connectivity index (χ3n) is 5.54. The molecule has 0 fully saturated rings. The van der Waals surface area contributed by atoms with Crippen LogP contribution in [0.1, 0.15) is 17.2 Å². The quantitative estimate of drug-likeness (QED) is 0.486. The molecule has 1 atom stereocenters. The van der Waals surface area contributed by atoms with E-state index in [0.717, 1.165) is 27.6 Å². The van der Waals surface area contributed by atoms with Gasteiger partial charge in [-0.25, -0.2) is 9.59 Å². The molecule has 32 heavy (non-hydrogen) atoms. The summed E-state index contributed by atoms with van der Waals surface area (Å²) in [5.74, 6) is 0. The van der Waals surface area contributed by atoms with Crippen molar-refractivity contribution in [2.75, 3.05) is 24.4 Å². The molecular formula is C23H19N5O4. The van der Waals surface area contributed by atoms with Crippen molar-refractivity contribution in [2.45, 2.75) is 6.04 Å². The molecule has 0 spiro atoms. The molecule has 9 nitrogen and oxygen atoms in total. The Morgan fingerprint density at radius 1 is 1.03 bits per heavy atom. The molecule has 0 aliphatic carbocycles. The monoisotopic (exact) mass is 429 g/mol. The molecule has 2 aromatic heterocycles. The Labute approximate surface area is 183 Å². The minimum atomic E-state index is -0.558. The second kappa shape index (κ2) is 7.69. The van der Waals surface area contributed by atoms with E-state index in [-0.39, 0.29) is 0 Å². The highest BCUT2D eigenvalue weighted by molar-refractivity contribution is 6.05. The predicted molar refractivity (Wildman–Crippen MR) is 119 cm³/mol. The number of H-pyrrole nitrogens is 1. The van der Waals surface area contributed by atoms with Gasteiger partial charge in [0.25, 0.3) is 0 Å². The maximum atomic E-state index is 13.1. The fourth-order valence-electron chi connectivity index (χ4n) is 4.16. The number of carbonyl (C=O) groups excluding carboxylic acids is 2. The highest BCUT2D eigenvalue weighted by Crippen LogP contribution is 2.47. The summed E-state index contributed by atoms with van der Waals surface area (Å²) in [6.07, 6.45) is 2.50. The van der Waals surface area contributed by atoms with Gasteiger partial charge in [-0.05, 0) is 23.8 Å². The molecule has 1 aliphatic heterocycles. The maximum absolute atomic E-state index is 13.1. The lowest BCUT2D eigenvalue weighted by atomic mass is 9.96. The van der Waals surface area contributed by atoms with E-state index in [9.17, 15) is 9.59 Å². The summed E-state index contributed by atoms with van der Waals surface area (Å²) in [4.78, 5) is 29.4. The lowest BCUT2D eigenvalue weighted by Gasteiger charge is -2.30. The van der Waals surface area contributed by atoms with E-state index in [2.05, 4.69) is 25.2 Å². The van der Waals surface area contributed by atoms with Crippen LogP contribution in [0.25, 0.3) is 22.2 Å². The van der Waals surface area contributed by atoms with Crippen molar-refractivity contribution in [3.63, 3.8) is 0 Å². The van der Waals surface area contributed by atoms with Crippen molar-refractivity contribution in [3.8, 4) is 11.1 Å². The number of hydrogen-bond donors (Lipinski definition) is 2. The van der Waals surface area contributed by atoms with Crippen LogP contribution in [-0.2, 0) is 9.47 Å². The van der Waals surface area contributed by atoms with Gasteiger partial charge in [0.2, 0.25) is 0 Å². The Kier molecular flexibility index (Phi) is 4.70. The van der Waals surface area contributed by atoms with Gasteiger partial charge >= 0.3 is 12.2 Å².